The zero-order valence-electron chi connectivity index (χ0n) is 21.7. The number of para-hydroxylation sites is 1. The molecule has 40 heavy (non-hydrogen) atoms. The Morgan fingerprint density at radius 1 is 1.12 bits per heavy atom. The number of nitriles is 1. The van der Waals surface area contributed by atoms with E-state index in [2.05, 4.69) is 9.97 Å². The van der Waals surface area contributed by atoms with Crippen molar-refractivity contribution in [2.24, 2.45) is 5.73 Å². The van der Waals surface area contributed by atoms with Crippen LogP contribution in [0.5, 0.6) is 11.5 Å². The lowest BCUT2D eigenvalue weighted by Gasteiger charge is -2.25. The summed E-state index contributed by atoms with van der Waals surface area (Å²) in [6.45, 7) is 0.694. The number of likely N-dealkylation sites (tertiary alicyclic amines) is 1. The molecule has 0 radical (unpaired) electrons. The van der Waals surface area contributed by atoms with Gasteiger partial charge >= 0.3 is 5.69 Å². The number of hydrogen-bond acceptors (Lipinski definition) is 8. The van der Waals surface area contributed by atoms with Crippen molar-refractivity contribution in [3.05, 3.63) is 83.1 Å². The molecule has 11 heteroatoms. The third-order valence-corrected chi connectivity index (χ3v) is 7.45. The first-order valence-electron chi connectivity index (χ1n) is 13.1. The molecule has 2 aromatic carbocycles. The molecule has 202 valence electrons. The molecule has 2 aliphatic rings. The van der Waals surface area contributed by atoms with Crippen molar-refractivity contribution in [2.75, 3.05) is 12.3 Å². The zero-order valence-corrected chi connectivity index (χ0v) is 21.7. The van der Waals surface area contributed by atoms with Crippen molar-refractivity contribution in [1.29, 1.82) is 5.26 Å². The van der Waals surface area contributed by atoms with E-state index in [4.69, 9.17) is 16.2 Å². The quantitative estimate of drug-likeness (QED) is 0.269. The fourth-order valence-electron chi connectivity index (χ4n) is 5.17. The second kappa shape index (κ2) is 9.98. The zero-order chi connectivity index (χ0) is 27.9. The van der Waals surface area contributed by atoms with Gasteiger partial charge in [-0.3, -0.25) is 13.9 Å². The van der Waals surface area contributed by atoms with Crippen molar-refractivity contribution < 1.29 is 9.53 Å². The molecule has 0 spiro atoms. The fraction of sp³-hybridized carbons (Fsp3) is 0.276. The molecule has 1 amide bonds. The smallest absolute Gasteiger partial charge is 0.335 e. The summed E-state index contributed by atoms with van der Waals surface area (Å²) in [4.78, 5) is 37.3. The van der Waals surface area contributed by atoms with Crippen molar-refractivity contribution in [3.63, 3.8) is 0 Å². The van der Waals surface area contributed by atoms with Crippen LogP contribution in [0.2, 0.25) is 0 Å². The van der Waals surface area contributed by atoms with E-state index in [-0.39, 0.29) is 35.6 Å². The molecule has 4 aromatic rings. The van der Waals surface area contributed by atoms with Gasteiger partial charge in [0.15, 0.2) is 11.5 Å². The van der Waals surface area contributed by atoms with Gasteiger partial charge in [0.25, 0.3) is 5.91 Å². The molecule has 1 saturated carbocycles. The van der Waals surface area contributed by atoms with Crippen molar-refractivity contribution in [1.82, 2.24) is 24.0 Å². The molecule has 1 aliphatic carbocycles. The monoisotopic (exact) mass is 536 g/mol. The number of aromatic nitrogens is 4. The summed E-state index contributed by atoms with van der Waals surface area (Å²) < 4.78 is 8.89. The van der Waals surface area contributed by atoms with Gasteiger partial charge in [0.1, 0.15) is 35.0 Å². The Kier molecular flexibility index (Phi) is 6.32. The molecule has 1 aliphatic heterocycles. The number of imidazole rings is 1. The summed E-state index contributed by atoms with van der Waals surface area (Å²) in [6.07, 6.45) is 5.86. The number of nitrogens with two attached hydrogens (primary N) is 2. The lowest BCUT2D eigenvalue weighted by molar-refractivity contribution is -0.127. The van der Waals surface area contributed by atoms with Crippen LogP contribution in [0.4, 0.5) is 5.82 Å². The van der Waals surface area contributed by atoms with Gasteiger partial charge in [-0.05, 0) is 68.2 Å². The topological polar surface area (TPSA) is 158 Å². The lowest BCUT2D eigenvalue weighted by atomic mass is 10.1. The average molecular weight is 537 g/mol. The Morgan fingerprint density at radius 3 is 2.55 bits per heavy atom. The molecule has 2 aromatic heterocycles. The van der Waals surface area contributed by atoms with Crippen LogP contribution in [0.15, 0.2) is 77.4 Å². The summed E-state index contributed by atoms with van der Waals surface area (Å²) in [7, 11) is 0. The highest BCUT2D eigenvalue weighted by Crippen LogP contribution is 2.35. The molecular weight excluding hydrogens is 508 g/mol. The number of carbonyl (C=O) groups excluding carboxylic acids is 1. The number of hydrogen-bond donors (Lipinski definition) is 2. The van der Waals surface area contributed by atoms with Crippen LogP contribution in [-0.4, -0.2) is 48.0 Å². The van der Waals surface area contributed by atoms with Crippen molar-refractivity contribution in [2.45, 2.75) is 43.8 Å². The molecule has 4 N–H and O–H groups in total. The molecular formula is C29H28N8O3. The number of carbonyl (C=O) groups is 1. The second-order valence-electron chi connectivity index (χ2n) is 10.3. The van der Waals surface area contributed by atoms with E-state index in [1.807, 2.05) is 36.4 Å². The number of nitrogen functional groups attached to an aromatic ring is 1. The third-order valence-electron chi connectivity index (χ3n) is 7.45. The van der Waals surface area contributed by atoms with E-state index in [0.717, 1.165) is 19.3 Å². The van der Waals surface area contributed by atoms with E-state index in [1.54, 1.807) is 35.2 Å². The molecule has 3 heterocycles. The van der Waals surface area contributed by atoms with Gasteiger partial charge in [0.05, 0.1) is 11.7 Å². The normalized spacial score (nSPS) is 18.1. The predicted molar refractivity (Wildman–Crippen MR) is 149 cm³/mol. The number of ether oxygens (including phenoxy) is 1. The molecule has 6 rings (SSSR count). The van der Waals surface area contributed by atoms with Gasteiger partial charge in [0, 0.05) is 18.6 Å². The first kappa shape index (κ1) is 25.3. The number of benzene rings is 2. The van der Waals surface area contributed by atoms with Crippen LogP contribution in [0, 0.1) is 11.3 Å². The highest BCUT2D eigenvalue weighted by Gasteiger charge is 2.39. The van der Waals surface area contributed by atoms with E-state index >= 15 is 0 Å². The third kappa shape index (κ3) is 4.69. The van der Waals surface area contributed by atoms with Gasteiger partial charge in [-0.2, -0.15) is 5.26 Å². The average Bonchev–Trinajstić information content (AvgIpc) is 3.39. The SMILES string of the molecule is N#CC(=CC1(N)CC1)C(=O)N1CCCC1Cn1c(=O)n(-c2ccc(Oc3ccccc3)cc2)c2c(N)ncnc21. The van der Waals surface area contributed by atoms with Crippen LogP contribution in [0.1, 0.15) is 25.7 Å². The van der Waals surface area contributed by atoms with Crippen molar-refractivity contribution >= 4 is 22.9 Å². The van der Waals surface area contributed by atoms with E-state index in [0.29, 0.717) is 41.3 Å². The maximum Gasteiger partial charge on any atom is 0.335 e. The largest absolute Gasteiger partial charge is 0.457 e. The molecule has 1 atom stereocenters. The summed E-state index contributed by atoms with van der Waals surface area (Å²) in [5.41, 5.74) is 12.8. The Labute approximate surface area is 229 Å². The van der Waals surface area contributed by atoms with E-state index in [9.17, 15) is 14.9 Å². The van der Waals surface area contributed by atoms with Crippen LogP contribution in [-0.2, 0) is 11.3 Å². The molecule has 0 bridgehead atoms. The van der Waals surface area contributed by atoms with E-state index < -0.39 is 5.54 Å². The summed E-state index contributed by atoms with van der Waals surface area (Å²) >= 11 is 0. The Hall–Kier alpha value is -4.95. The molecule has 1 saturated heterocycles. The second-order valence-corrected chi connectivity index (χ2v) is 10.3. The first-order valence-corrected chi connectivity index (χ1v) is 13.1. The van der Waals surface area contributed by atoms with Crippen LogP contribution < -0.4 is 21.9 Å². The maximum atomic E-state index is 13.9. The number of rotatable bonds is 7. The van der Waals surface area contributed by atoms with Gasteiger partial charge in [-0.15, -0.1) is 0 Å². The first-order chi connectivity index (χ1) is 19.4. The molecule has 1 unspecified atom stereocenters. The Morgan fingerprint density at radius 2 is 1.85 bits per heavy atom. The molecule has 2 fully saturated rings. The van der Waals surface area contributed by atoms with Crippen molar-refractivity contribution in [3.8, 4) is 23.3 Å². The summed E-state index contributed by atoms with van der Waals surface area (Å²) in [5, 5.41) is 9.65. The predicted octanol–water partition coefficient (Wildman–Crippen LogP) is 2.89. The van der Waals surface area contributed by atoms with Gasteiger partial charge < -0.3 is 21.1 Å². The van der Waals surface area contributed by atoms with Gasteiger partial charge in [0.2, 0.25) is 0 Å². The Bertz CT molecular complexity index is 1710. The number of anilines is 1. The summed E-state index contributed by atoms with van der Waals surface area (Å²) in [5.74, 6) is 1.12. The highest BCUT2D eigenvalue weighted by molar-refractivity contribution is 5.98. The van der Waals surface area contributed by atoms with Crippen LogP contribution in [0.25, 0.3) is 16.9 Å². The van der Waals surface area contributed by atoms with Crippen LogP contribution >= 0.6 is 0 Å². The number of nitrogens with zero attached hydrogens (tertiary/aromatic N) is 6. The maximum absolute atomic E-state index is 13.9. The number of fused-ring (bicyclic) bond motifs is 1. The van der Waals surface area contributed by atoms with Crippen LogP contribution in [0.3, 0.4) is 0 Å². The minimum Gasteiger partial charge on any atom is -0.457 e. The summed E-state index contributed by atoms with van der Waals surface area (Å²) in [6, 6.07) is 18.2. The lowest BCUT2D eigenvalue weighted by Crippen LogP contribution is -2.41. The standard InChI is InChI=1S/C29H28N8O3/c30-16-19(15-29(32)12-13-29)27(38)35-14-4-5-21(35)17-36-26-24(25(31)33-18-34-26)37(28(36)39)20-8-10-23(11-9-20)40-22-6-2-1-3-7-22/h1-3,6-11,15,18,21H,4-5,12-14,17,32H2,(H2,31,33,34). The van der Waals surface area contributed by atoms with E-state index in [1.165, 1.54) is 15.5 Å². The molecule has 11 nitrogen and oxygen atoms in total. The fourth-order valence-corrected chi connectivity index (χ4v) is 5.17. The number of amides is 1. The van der Waals surface area contributed by atoms with Gasteiger partial charge in [-0.25, -0.2) is 14.8 Å². The van der Waals surface area contributed by atoms with Gasteiger partial charge in [-0.1, -0.05) is 18.2 Å². The minimum atomic E-state index is -0.573. The highest BCUT2D eigenvalue weighted by atomic mass is 16.5. The minimum absolute atomic E-state index is 0.0473. The Balaban J connectivity index is 1.33.